The van der Waals surface area contributed by atoms with Gasteiger partial charge in [-0.15, -0.1) is 0 Å². The maximum Gasteiger partial charge on any atom is 0.0160 e. The fraction of sp³-hybridized carbons (Fsp3) is 0.750. The average molecular weight is 142 g/mol. The molecule has 1 N–H and O–H groups in total. The Bertz CT molecular complexity index is 89.3. The molecule has 60 valence electrons. The molecule has 0 atom stereocenters. The van der Waals surface area contributed by atoms with Gasteiger partial charge in [-0.05, 0) is 21.0 Å². The van der Waals surface area contributed by atoms with Crippen molar-refractivity contribution in [3.63, 3.8) is 0 Å². The average Bonchev–Trinajstić information content (AvgIpc) is 1.97. The first-order valence-corrected chi connectivity index (χ1v) is 3.75. The molecule has 0 rings (SSSR count). The Morgan fingerprint density at radius 2 is 2.20 bits per heavy atom. The summed E-state index contributed by atoms with van der Waals surface area (Å²) >= 11 is 0. The Morgan fingerprint density at radius 3 is 2.70 bits per heavy atom. The van der Waals surface area contributed by atoms with Crippen molar-refractivity contribution in [2.45, 2.75) is 6.92 Å². The summed E-state index contributed by atoms with van der Waals surface area (Å²) in [4.78, 5) is 2.27. The van der Waals surface area contributed by atoms with Gasteiger partial charge in [-0.3, -0.25) is 0 Å². The van der Waals surface area contributed by atoms with Crippen LogP contribution in [0.3, 0.4) is 0 Å². The minimum atomic E-state index is 1.05. The number of hydrogen-bond donors (Lipinski definition) is 1. The minimum absolute atomic E-state index is 1.05. The van der Waals surface area contributed by atoms with Crippen LogP contribution in [0.15, 0.2) is 12.2 Å². The zero-order valence-corrected chi connectivity index (χ0v) is 7.22. The predicted octanol–water partition coefficient (Wildman–Crippen LogP) is 0.714. The molecule has 0 aliphatic rings. The fourth-order valence-corrected chi connectivity index (χ4v) is 0.679. The number of nitrogens with one attached hydrogen (secondary N) is 1. The molecule has 0 aromatic rings. The number of likely N-dealkylation sites (N-methyl/N-ethyl adjacent to an activating group) is 2. The summed E-state index contributed by atoms with van der Waals surface area (Å²) in [5.74, 6) is 0. The molecule has 0 radical (unpaired) electrons. The fourth-order valence-electron chi connectivity index (χ4n) is 0.679. The summed E-state index contributed by atoms with van der Waals surface area (Å²) in [7, 11) is 4.10. The Labute approximate surface area is 63.9 Å². The number of nitrogens with zero attached hydrogens (tertiary/aromatic N) is 1. The van der Waals surface area contributed by atoms with E-state index in [1.807, 2.05) is 14.0 Å². The van der Waals surface area contributed by atoms with Gasteiger partial charge < -0.3 is 10.2 Å². The standard InChI is InChI=1S/C8H18N2/c1-4-5-7-10(3)8-6-9-2/h4-5,9H,6-8H2,1-3H3/b5-4+. The molecule has 0 saturated carbocycles. The second-order valence-electron chi connectivity index (χ2n) is 2.43. The third-order valence-corrected chi connectivity index (χ3v) is 1.40. The summed E-state index contributed by atoms with van der Waals surface area (Å²) in [6.07, 6.45) is 4.24. The van der Waals surface area contributed by atoms with E-state index in [9.17, 15) is 0 Å². The van der Waals surface area contributed by atoms with E-state index in [0.717, 1.165) is 19.6 Å². The van der Waals surface area contributed by atoms with E-state index in [4.69, 9.17) is 0 Å². The lowest BCUT2D eigenvalue weighted by molar-refractivity contribution is 0.370. The van der Waals surface area contributed by atoms with E-state index in [-0.39, 0.29) is 0 Å². The Kier molecular flexibility index (Phi) is 6.55. The molecular weight excluding hydrogens is 124 g/mol. The SMILES string of the molecule is C/C=C/CN(C)CCNC. The van der Waals surface area contributed by atoms with Crippen LogP contribution in [-0.2, 0) is 0 Å². The molecule has 0 spiro atoms. The largest absolute Gasteiger partial charge is 0.318 e. The molecule has 0 bridgehead atoms. The summed E-state index contributed by atoms with van der Waals surface area (Å²) in [5.41, 5.74) is 0. The monoisotopic (exact) mass is 142 g/mol. The summed E-state index contributed by atoms with van der Waals surface area (Å²) in [5, 5.41) is 3.11. The summed E-state index contributed by atoms with van der Waals surface area (Å²) in [6.45, 7) is 5.28. The number of rotatable bonds is 5. The van der Waals surface area contributed by atoms with Gasteiger partial charge in [0, 0.05) is 19.6 Å². The molecule has 0 aliphatic carbocycles. The van der Waals surface area contributed by atoms with Crippen LogP contribution < -0.4 is 5.32 Å². The molecule has 0 aromatic carbocycles. The third-order valence-electron chi connectivity index (χ3n) is 1.40. The highest BCUT2D eigenvalue weighted by atomic mass is 15.1. The van der Waals surface area contributed by atoms with Gasteiger partial charge in [0.05, 0.1) is 0 Å². The van der Waals surface area contributed by atoms with Crippen molar-refractivity contribution >= 4 is 0 Å². The molecule has 0 heterocycles. The molecule has 0 saturated heterocycles. The van der Waals surface area contributed by atoms with Gasteiger partial charge in [-0.2, -0.15) is 0 Å². The summed E-state index contributed by atoms with van der Waals surface area (Å²) < 4.78 is 0. The smallest absolute Gasteiger partial charge is 0.0160 e. The second-order valence-corrected chi connectivity index (χ2v) is 2.43. The van der Waals surface area contributed by atoms with E-state index in [2.05, 4.69) is 29.4 Å². The van der Waals surface area contributed by atoms with Crippen LogP contribution in [0.25, 0.3) is 0 Å². The van der Waals surface area contributed by atoms with E-state index in [1.54, 1.807) is 0 Å². The highest BCUT2D eigenvalue weighted by Gasteiger charge is 1.90. The number of allylic oxidation sites excluding steroid dienone is 1. The number of hydrogen-bond acceptors (Lipinski definition) is 2. The molecular formula is C8H18N2. The first kappa shape index (κ1) is 9.66. The van der Waals surface area contributed by atoms with E-state index >= 15 is 0 Å². The zero-order chi connectivity index (χ0) is 7.82. The van der Waals surface area contributed by atoms with Crippen LogP contribution in [0.4, 0.5) is 0 Å². The molecule has 2 heteroatoms. The highest BCUT2D eigenvalue weighted by Crippen LogP contribution is 1.81. The van der Waals surface area contributed by atoms with Crippen molar-refractivity contribution in [1.82, 2.24) is 10.2 Å². The molecule has 0 fully saturated rings. The maximum absolute atomic E-state index is 3.11. The lowest BCUT2D eigenvalue weighted by atomic mass is 10.4. The van der Waals surface area contributed by atoms with Gasteiger partial charge in [0.25, 0.3) is 0 Å². The van der Waals surface area contributed by atoms with Gasteiger partial charge in [-0.1, -0.05) is 12.2 Å². The molecule has 2 nitrogen and oxygen atoms in total. The highest BCUT2D eigenvalue weighted by molar-refractivity contribution is 4.79. The Morgan fingerprint density at radius 1 is 1.50 bits per heavy atom. The van der Waals surface area contributed by atoms with Gasteiger partial charge in [0.15, 0.2) is 0 Å². The Balaban J connectivity index is 3.16. The Hall–Kier alpha value is -0.340. The molecule has 0 aliphatic heterocycles. The van der Waals surface area contributed by atoms with Gasteiger partial charge >= 0.3 is 0 Å². The van der Waals surface area contributed by atoms with Crippen LogP contribution in [0.5, 0.6) is 0 Å². The minimum Gasteiger partial charge on any atom is -0.318 e. The predicted molar refractivity (Wildman–Crippen MR) is 46.2 cm³/mol. The summed E-state index contributed by atoms with van der Waals surface area (Å²) in [6, 6.07) is 0. The second kappa shape index (κ2) is 6.78. The van der Waals surface area contributed by atoms with Crippen LogP contribution in [0.1, 0.15) is 6.92 Å². The van der Waals surface area contributed by atoms with E-state index < -0.39 is 0 Å². The van der Waals surface area contributed by atoms with Crippen LogP contribution in [0, 0.1) is 0 Å². The maximum atomic E-state index is 3.11. The molecule has 0 unspecified atom stereocenters. The quantitative estimate of drug-likeness (QED) is 0.569. The van der Waals surface area contributed by atoms with Gasteiger partial charge in [-0.25, -0.2) is 0 Å². The third kappa shape index (κ3) is 5.79. The first-order valence-electron chi connectivity index (χ1n) is 3.75. The normalized spacial score (nSPS) is 11.6. The van der Waals surface area contributed by atoms with Crippen molar-refractivity contribution in [3.05, 3.63) is 12.2 Å². The molecule has 10 heavy (non-hydrogen) atoms. The van der Waals surface area contributed by atoms with Crippen LogP contribution >= 0.6 is 0 Å². The van der Waals surface area contributed by atoms with Crippen molar-refractivity contribution in [2.24, 2.45) is 0 Å². The van der Waals surface area contributed by atoms with Gasteiger partial charge in [0.2, 0.25) is 0 Å². The van der Waals surface area contributed by atoms with E-state index in [0.29, 0.717) is 0 Å². The van der Waals surface area contributed by atoms with Crippen LogP contribution in [0.2, 0.25) is 0 Å². The van der Waals surface area contributed by atoms with Gasteiger partial charge in [0.1, 0.15) is 0 Å². The van der Waals surface area contributed by atoms with Crippen molar-refractivity contribution < 1.29 is 0 Å². The van der Waals surface area contributed by atoms with Crippen molar-refractivity contribution in [3.8, 4) is 0 Å². The lowest BCUT2D eigenvalue weighted by Gasteiger charge is -2.12. The van der Waals surface area contributed by atoms with Crippen LogP contribution in [-0.4, -0.2) is 38.6 Å². The molecule has 0 amide bonds. The van der Waals surface area contributed by atoms with Crippen molar-refractivity contribution in [1.29, 1.82) is 0 Å². The molecule has 0 aromatic heterocycles. The lowest BCUT2D eigenvalue weighted by Crippen LogP contribution is -2.27. The van der Waals surface area contributed by atoms with Crippen molar-refractivity contribution in [2.75, 3.05) is 33.7 Å². The zero-order valence-electron chi connectivity index (χ0n) is 7.22. The first-order chi connectivity index (χ1) is 4.81. The topological polar surface area (TPSA) is 15.3 Å². The van der Waals surface area contributed by atoms with E-state index in [1.165, 1.54) is 0 Å².